The standard InChI is InChI=1S/C18H27N3O2S/c1-14-5-9-21(10-6-14)17-4-3-15(13-19-17)18(22)20(2)16-7-11-24(23)12-8-16/h3-4,13-14,16H,5-12H2,1-2H3. The van der Waals surface area contributed by atoms with Crippen LogP contribution in [-0.2, 0) is 10.8 Å². The number of amides is 1. The third-order valence-electron chi connectivity index (χ3n) is 5.33. The number of rotatable bonds is 3. The van der Waals surface area contributed by atoms with Gasteiger partial charge in [-0.15, -0.1) is 0 Å². The lowest BCUT2D eigenvalue weighted by molar-refractivity contribution is 0.0722. The topological polar surface area (TPSA) is 53.5 Å². The number of hydrogen-bond donors (Lipinski definition) is 0. The summed E-state index contributed by atoms with van der Waals surface area (Å²) in [5.74, 6) is 3.17. The summed E-state index contributed by atoms with van der Waals surface area (Å²) < 4.78 is 11.5. The molecule has 0 spiro atoms. The fourth-order valence-corrected chi connectivity index (χ4v) is 4.75. The third-order valence-corrected chi connectivity index (χ3v) is 6.71. The first-order chi connectivity index (χ1) is 11.5. The zero-order valence-corrected chi connectivity index (χ0v) is 15.4. The van der Waals surface area contributed by atoms with E-state index in [9.17, 15) is 9.00 Å². The lowest BCUT2D eigenvalue weighted by Crippen LogP contribution is -2.41. The quantitative estimate of drug-likeness (QED) is 0.840. The molecule has 5 nitrogen and oxygen atoms in total. The Morgan fingerprint density at radius 2 is 1.88 bits per heavy atom. The molecule has 0 unspecified atom stereocenters. The van der Waals surface area contributed by atoms with Crippen molar-refractivity contribution >= 4 is 22.5 Å². The van der Waals surface area contributed by atoms with Gasteiger partial charge in [-0.05, 0) is 43.7 Å². The first-order valence-electron chi connectivity index (χ1n) is 8.87. The number of pyridine rings is 1. The molecule has 2 fully saturated rings. The summed E-state index contributed by atoms with van der Waals surface area (Å²) in [6.45, 7) is 4.38. The molecule has 2 aliphatic rings. The lowest BCUT2D eigenvalue weighted by Gasteiger charge is -2.32. The maximum atomic E-state index is 12.7. The van der Waals surface area contributed by atoms with Crippen LogP contribution in [0.25, 0.3) is 0 Å². The van der Waals surface area contributed by atoms with Gasteiger partial charge in [-0.25, -0.2) is 4.98 Å². The van der Waals surface area contributed by atoms with Crippen LogP contribution < -0.4 is 4.90 Å². The molecule has 2 saturated heterocycles. The summed E-state index contributed by atoms with van der Waals surface area (Å²) in [7, 11) is 1.15. The Morgan fingerprint density at radius 1 is 1.21 bits per heavy atom. The summed E-state index contributed by atoms with van der Waals surface area (Å²) >= 11 is 0. The molecule has 0 aromatic carbocycles. The number of piperidine rings is 1. The minimum Gasteiger partial charge on any atom is -0.357 e. The van der Waals surface area contributed by atoms with E-state index in [0.29, 0.717) is 17.1 Å². The first kappa shape index (κ1) is 17.4. The molecule has 2 aliphatic heterocycles. The number of anilines is 1. The maximum absolute atomic E-state index is 12.7. The molecule has 1 aromatic heterocycles. The molecule has 1 amide bonds. The molecule has 0 radical (unpaired) electrons. The number of carbonyl (C=O) groups is 1. The van der Waals surface area contributed by atoms with E-state index in [-0.39, 0.29) is 11.9 Å². The van der Waals surface area contributed by atoms with Crippen LogP contribution >= 0.6 is 0 Å². The largest absolute Gasteiger partial charge is 0.357 e. The van der Waals surface area contributed by atoms with Gasteiger partial charge in [0.15, 0.2) is 0 Å². The van der Waals surface area contributed by atoms with Crippen molar-refractivity contribution < 1.29 is 9.00 Å². The molecule has 1 aromatic rings. The first-order valence-corrected chi connectivity index (χ1v) is 10.4. The molecule has 0 bridgehead atoms. The van der Waals surface area contributed by atoms with Crippen LogP contribution in [0.15, 0.2) is 18.3 Å². The fraction of sp³-hybridized carbons (Fsp3) is 0.667. The van der Waals surface area contributed by atoms with Gasteiger partial charge in [0.05, 0.1) is 5.56 Å². The van der Waals surface area contributed by atoms with E-state index in [4.69, 9.17) is 0 Å². The van der Waals surface area contributed by atoms with Gasteiger partial charge in [-0.3, -0.25) is 9.00 Å². The smallest absolute Gasteiger partial charge is 0.255 e. The normalized spacial score (nSPS) is 25.5. The molecular weight excluding hydrogens is 322 g/mol. The second-order valence-corrected chi connectivity index (χ2v) is 8.77. The zero-order valence-electron chi connectivity index (χ0n) is 14.6. The predicted octanol–water partition coefficient (Wildman–Crippen LogP) is 2.30. The van der Waals surface area contributed by atoms with Gasteiger partial charge in [0.25, 0.3) is 5.91 Å². The van der Waals surface area contributed by atoms with E-state index in [2.05, 4.69) is 16.8 Å². The van der Waals surface area contributed by atoms with Crippen LogP contribution in [0.3, 0.4) is 0 Å². The van der Waals surface area contributed by atoms with Crippen molar-refractivity contribution in [2.24, 2.45) is 5.92 Å². The minimum atomic E-state index is -0.700. The second kappa shape index (κ2) is 7.64. The highest BCUT2D eigenvalue weighted by Gasteiger charge is 2.26. The average Bonchev–Trinajstić information content (AvgIpc) is 2.62. The average molecular weight is 350 g/mol. The molecule has 3 rings (SSSR count). The van der Waals surface area contributed by atoms with E-state index in [0.717, 1.165) is 37.7 Å². The molecular formula is C18H27N3O2S. The highest BCUT2D eigenvalue weighted by Crippen LogP contribution is 2.22. The Hall–Kier alpha value is -1.43. The van der Waals surface area contributed by atoms with Crippen LogP contribution in [0.5, 0.6) is 0 Å². The molecule has 6 heteroatoms. The number of aromatic nitrogens is 1. The molecule has 24 heavy (non-hydrogen) atoms. The van der Waals surface area contributed by atoms with Crippen molar-refractivity contribution in [3.63, 3.8) is 0 Å². The summed E-state index contributed by atoms with van der Waals surface area (Å²) in [6, 6.07) is 4.05. The summed E-state index contributed by atoms with van der Waals surface area (Å²) in [5, 5.41) is 0. The summed E-state index contributed by atoms with van der Waals surface area (Å²) in [5.41, 5.74) is 0.637. The number of carbonyl (C=O) groups excluding carboxylic acids is 1. The van der Waals surface area contributed by atoms with Gasteiger partial charge in [0.2, 0.25) is 0 Å². The van der Waals surface area contributed by atoms with Crippen molar-refractivity contribution in [3.8, 4) is 0 Å². The van der Waals surface area contributed by atoms with Gasteiger partial charge in [0.1, 0.15) is 5.82 Å². The van der Waals surface area contributed by atoms with E-state index in [1.165, 1.54) is 12.8 Å². The lowest BCUT2D eigenvalue weighted by atomic mass is 9.99. The highest BCUT2D eigenvalue weighted by atomic mass is 32.2. The number of hydrogen-bond acceptors (Lipinski definition) is 4. The van der Waals surface area contributed by atoms with Crippen molar-refractivity contribution in [1.29, 1.82) is 0 Å². The Labute approximate surface area is 146 Å². The minimum absolute atomic E-state index is 0.0130. The Morgan fingerprint density at radius 3 is 2.46 bits per heavy atom. The summed E-state index contributed by atoms with van der Waals surface area (Å²) in [6.07, 6.45) is 5.76. The third kappa shape index (κ3) is 3.97. The van der Waals surface area contributed by atoms with Gasteiger partial charge in [0, 0.05) is 54.7 Å². The van der Waals surface area contributed by atoms with Crippen molar-refractivity contribution in [2.75, 3.05) is 36.5 Å². The van der Waals surface area contributed by atoms with E-state index in [1.807, 2.05) is 19.2 Å². The van der Waals surface area contributed by atoms with Crippen molar-refractivity contribution in [2.45, 2.75) is 38.6 Å². The van der Waals surface area contributed by atoms with Crippen LogP contribution in [0.1, 0.15) is 43.0 Å². The second-order valence-electron chi connectivity index (χ2n) is 7.07. The van der Waals surface area contributed by atoms with Crippen LogP contribution in [-0.4, -0.2) is 57.7 Å². The maximum Gasteiger partial charge on any atom is 0.255 e. The fourth-order valence-electron chi connectivity index (χ4n) is 3.48. The Kier molecular flexibility index (Phi) is 5.54. The zero-order chi connectivity index (χ0) is 17.1. The van der Waals surface area contributed by atoms with E-state index in [1.54, 1.807) is 11.1 Å². The SMILES string of the molecule is CC1CCN(c2ccc(C(=O)N(C)C3CCS(=O)CC3)cn2)CC1. The molecule has 3 heterocycles. The summed E-state index contributed by atoms with van der Waals surface area (Å²) in [4.78, 5) is 21.3. The Bertz CT molecular complexity index is 587. The van der Waals surface area contributed by atoms with E-state index < -0.39 is 10.8 Å². The van der Waals surface area contributed by atoms with Crippen LogP contribution in [0.4, 0.5) is 5.82 Å². The predicted molar refractivity (Wildman–Crippen MR) is 97.8 cm³/mol. The molecule has 0 atom stereocenters. The molecule has 0 saturated carbocycles. The van der Waals surface area contributed by atoms with Gasteiger partial charge >= 0.3 is 0 Å². The monoisotopic (exact) mass is 349 g/mol. The van der Waals surface area contributed by atoms with Crippen molar-refractivity contribution in [3.05, 3.63) is 23.9 Å². The van der Waals surface area contributed by atoms with Crippen molar-refractivity contribution in [1.82, 2.24) is 9.88 Å². The van der Waals surface area contributed by atoms with E-state index >= 15 is 0 Å². The molecule has 0 N–H and O–H groups in total. The number of nitrogens with zero attached hydrogens (tertiary/aromatic N) is 3. The van der Waals surface area contributed by atoms with Gasteiger partial charge in [-0.2, -0.15) is 0 Å². The van der Waals surface area contributed by atoms with Gasteiger partial charge in [-0.1, -0.05) is 6.92 Å². The highest BCUT2D eigenvalue weighted by molar-refractivity contribution is 7.85. The Balaban J connectivity index is 1.62. The van der Waals surface area contributed by atoms with Gasteiger partial charge < -0.3 is 9.80 Å². The molecule has 132 valence electrons. The van der Waals surface area contributed by atoms with Crippen LogP contribution in [0.2, 0.25) is 0 Å². The van der Waals surface area contributed by atoms with Crippen LogP contribution in [0, 0.1) is 5.92 Å². The molecule has 0 aliphatic carbocycles.